The predicted octanol–water partition coefficient (Wildman–Crippen LogP) is 5.45. The van der Waals surface area contributed by atoms with E-state index >= 15 is 0 Å². The average molecular weight is 463 g/mol. The van der Waals surface area contributed by atoms with Crippen molar-refractivity contribution in [2.45, 2.75) is 0 Å². The van der Waals surface area contributed by atoms with Crippen LogP contribution in [0.5, 0.6) is 11.5 Å². The van der Waals surface area contributed by atoms with Crippen molar-refractivity contribution in [3.05, 3.63) is 113 Å². The molecule has 0 radical (unpaired) electrons. The van der Waals surface area contributed by atoms with Crippen LogP contribution in [0.4, 0.5) is 0 Å². The van der Waals surface area contributed by atoms with Crippen molar-refractivity contribution in [3.63, 3.8) is 0 Å². The zero-order valence-electron chi connectivity index (χ0n) is 18.9. The zero-order valence-corrected chi connectivity index (χ0v) is 18.9. The second-order valence-electron chi connectivity index (χ2n) is 7.89. The van der Waals surface area contributed by atoms with Gasteiger partial charge in [-0.15, -0.1) is 0 Å². The van der Waals surface area contributed by atoms with E-state index in [0.717, 1.165) is 16.3 Å². The van der Waals surface area contributed by atoms with Crippen molar-refractivity contribution in [1.82, 2.24) is 0 Å². The Hall–Kier alpha value is -4.71. The second kappa shape index (κ2) is 9.65. The molecule has 1 heterocycles. The summed E-state index contributed by atoms with van der Waals surface area (Å²) in [5.74, 6) is 0.459. The van der Waals surface area contributed by atoms with Crippen molar-refractivity contribution >= 4 is 34.5 Å². The largest absolute Gasteiger partial charge is 0.493 e. The minimum absolute atomic E-state index is 0.119. The fourth-order valence-electron chi connectivity index (χ4n) is 3.76. The summed E-state index contributed by atoms with van der Waals surface area (Å²) in [7, 11) is 1.51. The Morgan fingerprint density at radius 3 is 2.46 bits per heavy atom. The number of rotatable bonds is 7. The van der Waals surface area contributed by atoms with E-state index in [2.05, 4.69) is 4.99 Å². The third-order valence-corrected chi connectivity index (χ3v) is 5.56. The third-order valence-electron chi connectivity index (χ3n) is 5.56. The number of aliphatic imine (C=N–C) groups is 1. The third kappa shape index (κ3) is 4.82. The molecule has 0 aliphatic carbocycles. The Balaban J connectivity index is 1.35. The average Bonchev–Trinajstić information content (AvgIpc) is 3.27. The van der Waals surface area contributed by atoms with Crippen LogP contribution >= 0.6 is 0 Å². The van der Waals surface area contributed by atoms with Crippen LogP contribution in [0, 0.1) is 0 Å². The van der Waals surface area contributed by atoms with Gasteiger partial charge in [-0.05, 0) is 46.7 Å². The maximum atomic E-state index is 12.5. The molecule has 0 saturated heterocycles. The second-order valence-corrected chi connectivity index (χ2v) is 7.89. The monoisotopic (exact) mass is 463 g/mol. The van der Waals surface area contributed by atoms with E-state index in [1.54, 1.807) is 48.5 Å². The highest BCUT2D eigenvalue weighted by Gasteiger charge is 2.24. The Morgan fingerprint density at radius 1 is 0.886 bits per heavy atom. The Bertz CT molecular complexity index is 1490. The molecule has 5 rings (SSSR count). The highest BCUT2D eigenvalue weighted by Crippen LogP contribution is 2.30. The first-order valence-electron chi connectivity index (χ1n) is 11.0. The van der Waals surface area contributed by atoms with Gasteiger partial charge in [0.25, 0.3) is 0 Å². The summed E-state index contributed by atoms with van der Waals surface area (Å²) in [6.45, 7) is -0.119. The summed E-state index contributed by atoms with van der Waals surface area (Å²) < 4.78 is 16.5. The summed E-state index contributed by atoms with van der Waals surface area (Å²) in [6, 6.07) is 27.8. The number of ketones is 1. The van der Waals surface area contributed by atoms with Crippen molar-refractivity contribution in [2.24, 2.45) is 4.99 Å². The Morgan fingerprint density at radius 2 is 1.66 bits per heavy atom. The first-order valence-corrected chi connectivity index (χ1v) is 11.0. The molecule has 0 atom stereocenters. The van der Waals surface area contributed by atoms with Crippen molar-refractivity contribution in [3.8, 4) is 11.5 Å². The molecule has 6 heteroatoms. The van der Waals surface area contributed by atoms with Gasteiger partial charge < -0.3 is 14.2 Å². The molecule has 4 aromatic rings. The summed E-state index contributed by atoms with van der Waals surface area (Å²) in [6.07, 6.45) is 1.62. The lowest BCUT2D eigenvalue weighted by Gasteiger charge is -2.11. The smallest absolute Gasteiger partial charge is 0.363 e. The molecule has 0 aromatic heterocycles. The summed E-state index contributed by atoms with van der Waals surface area (Å²) in [5.41, 5.74) is 2.17. The number of carbonyl (C=O) groups is 2. The summed E-state index contributed by atoms with van der Waals surface area (Å²) in [4.78, 5) is 29.2. The van der Waals surface area contributed by atoms with Crippen LogP contribution in [-0.4, -0.2) is 31.4 Å². The van der Waals surface area contributed by atoms with E-state index in [9.17, 15) is 9.59 Å². The summed E-state index contributed by atoms with van der Waals surface area (Å²) in [5, 5.41) is 2.13. The van der Waals surface area contributed by atoms with Crippen LogP contribution in [0.3, 0.4) is 0 Å². The molecule has 0 unspecified atom stereocenters. The highest BCUT2D eigenvalue weighted by molar-refractivity contribution is 6.13. The molecule has 172 valence electrons. The van der Waals surface area contributed by atoms with Gasteiger partial charge in [-0.25, -0.2) is 9.79 Å². The molecule has 1 aliphatic heterocycles. The van der Waals surface area contributed by atoms with E-state index in [-0.39, 0.29) is 24.0 Å². The molecule has 4 aromatic carbocycles. The number of carbonyl (C=O) groups excluding carboxylic acids is 2. The number of benzene rings is 4. The van der Waals surface area contributed by atoms with E-state index < -0.39 is 5.97 Å². The van der Waals surface area contributed by atoms with Crippen LogP contribution in [0.2, 0.25) is 0 Å². The van der Waals surface area contributed by atoms with E-state index in [4.69, 9.17) is 14.2 Å². The van der Waals surface area contributed by atoms with Crippen molar-refractivity contribution in [1.29, 1.82) is 0 Å². The minimum Gasteiger partial charge on any atom is -0.493 e. The van der Waals surface area contributed by atoms with Gasteiger partial charge in [0.15, 0.2) is 29.6 Å². The topological polar surface area (TPSA) is 74.2 Å². The number of fused-ring (bicyclic) bond motifs is 1. The maximum absolute atomic E-state index is 12.5. The van der Waals surface area contributed by atoms with Gasteiger partial charge in [-0.1, -0.05) is 66.7 Å². The Kier molecular flexibility index (Phi) is 6.09. The molecule has 0 bridgehead atoms. The van der Waals surface area contributed by atoms with Gasteiger partial charge >= 0.3 is 5.97 Å². The quantitative estimate of drug-likeness (QED) is 0.207. The van der Waals surface area contributed by atoms with Gasteiger partial charge in [0.2, 0.25) is 5.90 Å². The van der Waals surface area contributed by atoms with Crippen LogP contribution < -0.4 is 9.47 Å². The zero-order chi connectivity index (χ0) is 24.2. The fraction of sp³-hybridized carbons (Fsp3) is 0.0690. The van der Waals surface area contributed by atoms with Gasteiger partial charge in [-0.2, -0.15) is 0 Å². The number of methoxy groups -OCH3 is 1. The van der Waals surface area contributed by atoms with Gasteiger partial charge in [0.1, 0.15) is 0 Å². The lowest BCUT2D eigenvalue weighted by atomic mass is 10.1. The Labute approximate surface area is 202 Å². The first-order chi connectivity index (χ1) is 17.1. The van der Waals surface area contributed by atoms with Crippen LogP contribution in [0.25, 0.3) is 16.8 Å². The van der Waals surface area contributed by atoms with Crippen molar-refractivity contribution < 1.29 is 23.8 Å². The van der Waals surface area contributed by atoms with Crippen LogP contribution in [-0.2, 0) is 9.53 Å². The maximum Gasteiger partial charge on any atom is 0.363 e. The molecular weight excluding hydrogens is 442 g/mol. The van der Waals surface area contributed by atoms with Gasteiger partial charge in [0, 0.05) is 11.1 Å². The van der Waals surface area contributed by atoms with E-state index in [1.165, 1.54) is 7.11 Å². The SMILES string of the molecule is COc1cc(/C=C2\N=C(c3ccc4ccccc4c3)OC2=O)ccc1OCC(=O)c1ccccc1. The highest BCUT2D eigenvalue weighted by atomic mass is 16.6. The van der Waals surface area contributed by atoms with Gasteiger partial charge in [-0.3, -0.25) is 4.79 Å². The molecule has 0 saturated carbocycles. The molecule has 1 aliphatic rings. The predicted molar refractivity (Wildman–Crippen MR) is 134 cm³/mol. The lowest BCUT2D eigenvalue weighted by molar-refractivity contribution is -0.129. The summed E-state index contributed by atoms with van der Waals surface area (Å²) >= 11 is 0. The number of nitrogens with zero attached hydrogens (tertiary/aromatic N) is 1. The molecule has 0 amide bonds. The van der Waals surface area contributed by atoms with Crippen molar-refractivity contribution in [2.75, 3.05) is 13.7 Å². The van der Waals surface area contributed by atoms with E-state index in [0.29, 0.717) is 22.6 Å². The number of esters is 1. The standard InChI is InChI=1S/C29H21NO5/c1-33-27-16-19(11-14-26(27)34-18-25(31)21-8-3-2-4-9-21)15-24-29(32)35-28(30-24)23-13-12-20-7-5-6-10-22(20)17-23/h2-17H,18H2,1H3/b24-15-. The fourth-order valence-corrected chi connectivity index (χ4v) is 3.76. The van der Waals surface area contributed by atoms with E-state index in [1.807, 2.05) is 48.5 Å². The van der Waals surface area contributed by atoms with Crippen LogP contribution in [0.1, 0.15) is 21.5 Å². The first kappa shape index (κ1) is 22.1. The molecule has 35 heavy (non-hydrogen) atoms. The molecule has 6 nitrogen and oxygen atoms in total. The minimum atomic E-state index is -0.527. The number of Topliss-reactive ketones (excluding diaryl/α,β-unsaturated/α-hetero) is 1. The molecule has 0 fully saturated rings. The molecule has 0 spiro atoms. The number of hydrogen-bond acceptors (Lipinski definition) is 6. The molecule has 0 N–H and O–H groups in total. The normalized spacial score (nSPS) is 14.0. The van der Waals surface area contributed by atoms with Gasteiger partial charge in [0.05, 0.1) is 7.11 Å². The number of ether oxygens (including phenoxy) is 3. The molecular formula is C29H21NO5. The van der Waals surface area contributed by atoms with Crippen LogP contribution in [0.15, 0.2) is 102 Å². The lowest BCUT2D eigenvalue weighted by Crippen LogP contribution is -2.11. The number of cyclic esters (lactones) is 1. The number of hydrogen-bond donors (Lipinski definition) is 0.